The largest absolute Gasteiger partial charge is 0.380 e. The molecular weight excluding hydrogens is 202 g/mol. The van der Waals surface area contributed by atoms with Crippen LogP contribution in [0.15, 0.2) is 24.3 Å². The van der Waals surface area contributed by atoms with E-state index in [1.807, 2.05) is 12.1 Å². The Hall–Kier alpha value is -1.06. The van der Waals surface area contributed by atoms with Gasteiger partial charge in [0, 0.05) is 31.5 Å². The molecule has 0 spiro atoms. The Labute approximate surface area is 97.8 Å². The van der Waals surface area contributed by atoms with Gasteiger partial charge in [-0.2, -0.15) is 0 Å². The zero-order chi connectivity index (χ0) is 12.0. The molecule has 0 saturated heterocycles. The van der Waals surface area contributed by atoms with E-state index in [4.69, 9.17) is 9.47 Å². The molecule has 3 nitrogen and oxygen atoms in total. The number of hydrogen-bond donors (Lipinski definition) is 1. The van der Waals surface area contributed by atoms with Gasteiger partial charge in [-0.3, -0.25) is 0 Å². The lowest BCUT2D eigenvalue weighted by Gasteiger charge is -2.22. The van der Waals surface area contributed by atoms with Crippen molar-refractivity contribution in [1.82, 2.24) is 0 Å². The summed E-state index contributed by atoms with van der Waals surface area (Å²) in [6.07, 6.45) is 0.176. The van der Waals surface area contributed by atoms with Crippen molar-refractivity contribution in [2.75, 3.05) is 19.5 Å². The summed E-state index contributed by atoms with van der Waals surface area (Å²) in [4.78, 5) is 0. The third-order valence-corrected chi connectivity index (χ3v) is 2.78. The summed E-state index contributed by atoms with van der Waals surface area (Å²) >= 11 is 0. The van der Waals surface area contributed by atoms with Gasteiger partial charge in [0.1, 0.15) is 0 Å². The first-order valence-electron chi connectivity index (χ1n) is 5.55. The Morgan fingerprint density at radius 2 is 1.88 bits per heavy atom. The van der Waals surface area contributed by atoms with E-state index in [9.17, 15) is 0 Å². The van der Waals surface area contributed by atoms with Crippen LogP contribution in [0.3, 0.4) is 0 Å². The molecule has 1 aromatic carbocycles. The SMILES string of the molecule is COCc1ccccc1NC(C)C(C)OC. The van der Waals surface area contributed by atoms with Crippen LogP contribution < -0.4 is 5.32 Å². The third kappa shape index (κ3) is 3.51. The number of anilines is 1. The van der Waals surface area contributed by atoms with E-state index in [-0.39, 0.29) is 12.1 Å². The van der Waals surface area contributed by atoms with Crippen molar-refractivity contribution in [2.45, 2.75) is 32.6 Å². The van der Waals surface area contributed by atoms with Crippen LogP contribution in [0.25, 0.3) is 0 Å². The minimum absolute atomic E-state index is 0.176. The zero-order valence-electron chi connectivity index (χ0n) is 10.5. The summed E-state index contributed by atoms with van der Waals surface area (Å²) < 4.78 is 10.5. The molecule has 0 aliphatic carbocycles. The molecule has 3 heteroatoms. The molecule has 1 aromatic rings. The van der Waals surface area contributed by atoms with E-state index in [0.717, 1.165) is 5.69 Å². The van der Waals surface area contributed by atoms with Gasteiger partial charge in [-0.05, 0) is 19.9 Å². The standard InChI is InChI=1S/C13H21NO2/c1-10(11(2)16-4)14-13-8-6-5-7-12(13)9-15-3/h5-8,10-11,14H,9H2,1-4H3. The maximum atomic E-state index is 5.29. The van der Waals surface area contributed by atoms with Gasteiger partial charge in [0.2, 0.25) is 0 Å². The molecule has 90 valence electrons. The van der Waals surface area contributed by atoms with E-state index < -0.39 is 0 Å². The summed E-state index contributed by atoms with van der Waals surface area (Å²) in [6.45, 7) is 4.78. The van der Waals surface area contributed by atoms with Crippen molar-refractivity contribution in [3.05, 3.63) is 29.8 Å². The number of benzene rings is 1. The maximum absolute atomic E-state index is 5.29. The van der Waals surface area contributed by atoms with E-state index >= 15 is 0 Å². The monoisotopic (exact) mass is 223 g/mol. The third-order valence-electron chi connectivity index (χ3n) is 2.78. The van der Waals surface area contributed by atoms with Crippen molar-refractivity contribution in [3.8, 4) is 0 Å². The van der Waals surface area contributed by atoms with Crippen LogP contribution in [0.2, 0.25) is 0 Å². The van der Waals surface area contributed by atoms with Crippen LogP contribution >= 0.6 is 0 Å². The summed E-state index contributed by atoms with van der Waals surface area (Å²) in [5, 5.41) is 3.44. The van der Waals surface area contributed by atoms with E-state index in [1.165, 1.54) is 5.56 Å². The van der Waals surface area contributed by atoms with Crippen LogP contribution in [0, 0.1) is 0 Å². The molecular formula is C13H21NO2. The predicted octanol–water partition coefficient (Wildman–Crippen LogP) is 2.67. The average Bonchev–Trinajstić information content (AvgIpc) is 2.31. The lowest BCUT2D eigenvalue weighted by atomic mass is 10.1. The van der Waals surface area contributed by atoms with Crippen molar-refractivity contribution in [3.63, 3.8) is 0 Å². The first-order valence-corrected chi connectivity index (χ1v) is 5.55. The highest BCUT2D eigenvalue weighted by molar-refractivity contribution is 5.51. The maximum Gasteiger partial charge on any atom is 0.0741 e. The fraction of sp³-hybridized carbons (Fsp3) is 0.538. The number of para-hydroxylation sites is 1. The highest BCUT2D eigenvalue weighted by atomic mass is 16.5. The number of nitrogens with one attached hydrogen (secondary N) is 1. The normalized spacial score (nSPS) is 14.5. The van der Waals surface area contributed by atoms with Gasteiger partial charge in [-0.1, -0.05) is 18.2 Å². The highest BCUT2D eigenvalue weighted by Gasteiger charge is 2.12. The number of ether oxygens (including phenoxy) is 2. The molecule has 0 radical (unpaired) electrons. The van der Waals surface area contributed by atoms with Gasteiger partial charge >= 0.3 is 0 Å². The average molecular weight is 223 g/mol. The lowest BCUT2D eigenvalue weighted by molar-refractivity contribution is 0.106. The molecule has 1 N–H and O–H groups in total. The Balaban J connectivity index is 2.71. The van der Waals surface area contributed by atoms with E-state index in [1.54, 1.807) is 14.2 Å². The second-order valence-corrected chi connectivity index (χ2v) is 3.96. The number of methoxy groups -OCH3 is 2. The molecule has 16 heavy (non-hydrogen) atoms. The lowest BCUT2D eigenvalue weighted by Crippen LogP contribution is -2.30. The molecule has 0 heterocycles. The minimum Gasteiger partial charge on any atom is -0.380 e. The topological polar surface area (TPSA) is 30.5 Å². The van der Waals surface area contributed by atoms with Gasteiger partial charge in [0.25, 0.3) is 0 Å². The molecule has 0 bridgehead atoms. The minimum atomic E-state index is 0.176. The quantitative estimate of drug-likeness (QED) is 0.804. The smallest absolute Gasteiger partial charge is 0.0741 e. The fourth-order valence-corrected chi connectivity index (χ4v) is 1.51. The first-order chi connectivity index (χ1) is 7.69. The van der Waals surface area contributed by atoms with Gasteiger partial charge in [-0.15, -0.1) is 0 Å². The van der Waals surface area contributed by atoms with Crippen molar-refractivity contribution < 1.29 is 9.47 Å². The summed E-state index contributed by atoms with van der Waals surface area (Å²) in [7, 11) is 3.43. The van der Waals surface area contributed by atoms with Crippen LogP contribution in [-0.2, 0) is 16.1 Å². The first kappa shape index (κ1) is 13.0. The predicted molar refractivity (Wildman–Crippen MR) is 66.7 cm³/mol. The van der Waals surface area contributed by atoms with Crippen molar-refractivity contribution in [1.29, 1.82) is 0 Å². The van der Waals surface area contributed by atoms with Crippen LogP contribution in [0.4, 0.5) is 5.69 Å². The van der Waals surface area contributed by atoms with Crippen molar-refractivity contribution >= 4 is 5.69 Å². The molecule has 1 rings (SSSR count). The van der Waals surface area contributed by atoms with Gasteiger partial charge in [0.05, 0.1) is 12.7 Å². The Bertz CT molecular complexity index is 315. The molecule has 0 saturated carbocycles. The second-order valence-electron chi connectivity index (χ2n) is 3.96. The van der Waals surface area contributed by atoms with Gasteiger partial charge < -0.3 is 14.8 Å². The molecule has 2 unspecified atom stereocenters. The molecule has 2 atom stereocenters. The summed E-state index contributed by atoms with van der Waals surface area (Å²) in [5.41, 5.74) is 2.28. The molecule has 0 aromatic heterocycles. The van der Waals surface area contributed by atoms with Crippen LogP contribution in [0.5, 0.6) is 0 Å². The molecule has 0 aliphatic rings. The summed E-state index contributed by atoms with van der Waals surface area (Å²) in [6, 6.07) is 8.43. The van der Waals surface area contributed by atoms with Gasteiger partial charge in [-0.25, -0.2) is 0 Å². The van der Waals surface area contributed by atoms with E-state index in [0.29, 0.717) is 6.61 Å². The zero-order valence-corrected chi connectivity index (χ0v) is 10.5. The summed E-state index contributed by atoms with van der Waals surface area (Å²) in [5.74, 6) is 0. The Morgan fingerprint density at radius 1 is 1.19 bits per heavy atom. The van der Waals surface area contributed by atoms with E-state index in [2.05, 4.69) is 31.3 Å². The molecule has 0 fully saturated rings. The van der Waals surface area contributed by atoms with Crippen LogP contribution in [-0.4, -0.2) is 26.4 Å². The van der Waals surface area contributed by atoms with Crippen LogP contribution in [0.1, 0.15) is 19.4 Å². The highest BCUT2D eigenvalue weighted by Crippen LogP contribution is 2.17. The number of hydrogen-bond acceptors (Lipinski definition) is 3. The fourth-order valence-electron chi connectivity index (χ4n) is 1.51. The second kappa shape index (κ2) is 6.51. The molecule has 0 aliphatic heterocycles. The van der Waals surface area contributed by atoms with Crippen molar-refractivity contribution in [2.24, 2.45) is 0 Å². The van der Waals surface area contributed by atoms with Gasteiger partial charge in [0.15, 0.2) is 0 Å². The number of rotatable bonds is 6. The Morgan fingerprint density at radius 3 is 2.50 bits per heavy atom. The Kier molecular flexibility index (Phi) is 5.29. The molecule has 0 amide bonds.